The highest BCUT2D eigenvalue weighted by molar-refractivity contribution is 7.84. The van der Waals surface area contributed by atoms with Gasteiger partial charge in [-0.2, -0.15) is 0 Å². The molecule has 0 bridgehead atoms. The Hall–Kier alpha value is -0.690. The van der Waals surface area contributed by atoms with Gasteiger partial charge in [-0.15, -0.1) is 0 Å². The zero-order valence-electron chi connectivity index (χ0n) is 10.6. The van der Waals surface area contributed by atoms with E-state index in [0.717, 1.165) is 5.76 Å². The molecule has 2 atom stereocenters. The van der Waals surface area contributed by atoms with Crippen LogP contribution in [0.25, 0.3) is 0 Å². The van der Waals surface area contributed by atoms with Gasteiger partial charge in [0, 0.05) is 35.4 Å². The molecule has 5 nitrogen and oxygen atoms in total. The van der Waals surface area contributed by atoms with Gasteiger partial charge >= 0.3 is 0 Å². The SMILES string of the molecule is CCS(=O)CCNCC(O)COCc1ccco1. The molecule has 18 heavy (non-hydrogen) atoms. The predicted octanol–water partition coefficient (Wildman–Crippen LogP) is 0.515. The van der Waals surface area contributed by atoms with Gasteiger partial charge in [-0.3, -0.25) is 4.21 Å². The van der Waals surface area contributed by atoms with E-state index in [-0.39, 0.29) is 6.61 Å². The van der Waals surface area contributed by atoms with E-state index in [1.54, 1.807) is 12.3 Å². The molecule has 6 heteroatoms. The molecule has 0 fully saturated rings. The first-order chi connectivity index (χ1) is 8.72. The lowest BCUT2D eigenvalue weighted by molar-refractivity contribution is 0.0229. The van der Waals surface area contributed by atoms with Crippen LogP contribution in [-0.4, -0.2) is 46.6 Å². The second kappa shape index (κ2) is 9.27. The Labute approximate surface area is 110 Å². The molecule has 1 rings (SSSR count). The lowest BCUT2D eigenvalue weighted by Crippen LogP contribution is -2.32. The number of aliphatic hydroxyl groups is 1. The highest BCUT2D eigenvalue weighted by Crippen LogP contribution is 2.01. The molecule has 1 heterocycles. The van der Waals surface area contributed by atoms with E-state index in [4.69, 9.17) is 9.15 Å². The highest BCUT2D eigenvalue weighted by Gasteiger charge is 2.05. The molecule has 0 saturated heterocycles. The maximum atomic E-state index is 11.1. The summed E-state index contributed by atoms with van der Waals surface area (Å²) in [6.45, 7) is 3.61. The van der Waals surface area contributed by atoms with Crippen LogP contribution < -0.4 is 5.32 Å². The van der Waals surface area contributed by atoms with Crippen LogP contribution in [0.1, 0.15) is 12.7 Å². The van der Waals surface area contributed by atoms with E-state index >= 15 is 0 Å². The van der Waals surface area contributed by atoms with Crippen molar-refractivity contribution in [3.63, 3.8) is 0 Å². The van der Waals surface area contributed by atoms with Gasteiger partial charge < -0.3 is 19.6 Å². The van der Waals surface area contributed by atoms with Gasteiger partial charge in [0.25, 0.3) is 0 Å². The third-order valence-electron chi connectivity index (χ3n) is 2.34. The number of hydrogen-bond acceptors (Lipinski definition) is 5. The van der Waals surface area contributed by atoms with Crippen molar-refractivity contribution in [2.24, 2.45) is 0 Å². The number of rotatable bonds is 10. The first-order valence-electron chi connectivity index (χ1n) is 6.06. The van der Waals surface area contributed by atoms with Gasteiger partial charge in [-0.05, 0) is 12.1 Å². The molecule has 0 amide bonds. The highest BCUT2D eigenvalue weighted by atomic mass is 32.2. The summed E-state index contributed by atoms with van der Waals surface area (Å²) in [6.07, 6.45) is 1.03. The minimum Gasteiger partial charge on any atom is -0.467 e. The third-order valence-corrected chi connectivity index (χ3v) is 3.65. The van der Waals surface area contributed by atoms with E-state index in [1.807, 2.05) is 13.0 Å². The van der Waals surface area contributed by atoms with Gasteiger partial charge in [0.1, 0.15) is 12.4 Å². The molecule has 104 valence electrons. The van der Waals surface area contributed by atoms with Crippen molar-refractivity contribution < 1.29 is 18.5 Å². The number of hydrogen-bond donors (Lipinski definition) is 2. The summed E-state index contributed by atoms with van der Waals surface area (Å²) >= 11 is 0. The quantitative estimate of drug-likeness (QED) is 0.609. The molecule has 0 spiro atoms. The number of nitrogens with one attached hydrogen (secondary N) is 1. The molecule has 0 aromatic carbocycles. The fourth-order valence-electron chi connectivity index (χ4n) is 1.35. The first-order valence-corrected chi connectivity index (χ1v) is 7.55. The number of ether oxygens (including phenoxy) is 1. The van der Waals surface area contributed by atoms with Crippen molar-refractivity contribution >= 4 is 10.8 Å². The summed E-state index contributed by atoms with van der Waals surface area (Å²) in [5.74, 6) is 2.04. The maximum absolute atomic E-state index is 11.1. The summed E-state index contributed by atoms with van der Waals surface area (Å²) in [4.78, 5) is 0. The van der Waals surface area contributed by atoms with Crippen LogP contribution in [-0.2, 0) is 22.1 Å². The maximum Gasteiger partial charge on any atom is 0.129 e. The van der Waals surface area contributed by atoms with Gasteiger partial charge in [-0.1, -0.05) is 6.92 Å². The van der Waals surface area contributed by atoms with E-state index in [2.05, 4.69) is 5.32 Å². The minimum atomic E-state index is -0.755. The molecule has 1 aromatic rings. The smallest absolute Gasteiger partial charge is 0.129 e. The second-order valence-corrected chi connectivity index (χ2v) is 5.75. The Morgan fingerprint density at radius 3 is 3.11 bits per heavy atom. The lowest BCUT2D eigenvalue weighted by atomic mass is 10.4. The van der Waals surface area contributed by atoms with Crippen LogP contribution >= 0.6 is 0 Å². The van der Waals surface area contributed by atoms with Crippen molar-refractivity contribution in [3.8, 4) is 0 Å². The fraction of sp³-hybridized carbons (Fsp3) is 0.667. The fourth-order valence-corrected chi connectivity index (χ4v) is 2.01. The minimum absolute atomic E-state index is 0.255. The molecule has 0 aliphatic carbocycles. The molecule has 2 N–H and O–H groups in total. The average Bonchev–Trinajstić information content (AvgIpc) is 2.87. The van der Waals surface area contributed by atoms with Gasteiger partial charge in [0.05, 0.1) is 19.0 Å². The lowest BCUT2D eigenvalue weighted by Gasteiger charge is -2.11. The summed E-state index contributed by atoms with van der Waals surface area (Å²) < 4.78 is 21.5. The molecule has 0 aliphatic heterocycles. The van der Waals surface area contributed by atoms with Crippen molar-refractivity contribution in [2.75, 3.05) is 31.2 Å². The van der Waals surface area contributed by atoms with E-state index in [1.165, 1.54) is 0 Å². The van der Waals surface area contributed by atoms with Crippen LogP contribution in [0.5, 0.6) is 0 Å². The number of aliphatic hydroxyl groups excluding tert-OH is 1. The molecule has 0 saturated carbocycles. The Morgan fingerprint density at radius 2 is 2.44 bits per heavy atom. The molecule has 1 aromatic heterocycles. The third kappa shape index (κ3) is 6.90. The first kappa shape index (κ1) is 15.4. The largest absolute Gasteiger partial charge is 0.467 e. The van der Waals surface area contributed by atoms with Crippen LogP contribution in [0.15, 0.2) is 22.8 Å². The summed E-state index contributed by atoms with van der Waals surface area (Å²) in [6, 6.07) is 3.62. The molecule has 0 aliphatic rings. The molecule has 2 unspecified atom stereocenters. The molecular formula is C12H21NO4S. The van der Waals surface area contributed by atoms with Crippen LogP contribution in [0.3, 0.4) is 0 Å². The van der Waals surface area contributed by atoms with Gasteiger partial charge in [0.2, 0.25) is 0 Å². The van der Waals surface area contributed by atoms with Crippen molar-refractivity contribution in [3.05, 3.63) is 24.2 Å². The zero-order chi connectivity index (χ0) is 13.2. The Bertz CT molecular complexity index is 329. The van der Waals surface area contributed by atoms with Crippen LogP contribution in [0, 0.1) is 0 Å². The van der Waals surface area contributed by atoms with Crippen LogP contribution in [0.4, 0.5) is 0 Å². The van der Waals surface area contributed by atoms with Gasteiger partial charge in [0.15, 0.2) is 0 Å². The average molecular weight is 275 g/mol. The van der Waals surface area contributed by atoms with Crippen molar-refractivity contribution in [1.29, 1.82) is 0 Å². The zero-order valence-corrected chi connectivity index (χ0v) is 11.4. The Kier molecular flexibility index (Phi) is 7.91. The topological polar surface area (TPSA) is 71.7 Å². The van der Waals surface area contributed by atoms with E-state index in [0.29, 0.717) is 31.2 Å². The predicted molar refractivity (Wildman–Crippen MR) is 70.8 cm³/mol. The standard InChI is InChI=1S/C12H21NO4S/c1-2-18(15)7-5-13-8-11(14)9-16-10-12-4-3-6-17-12/h3-4,6,11,13-14H,2,5,7-10H2,1H3. The van der Waals surface area contributed by atoms with E-state index in [9.17, 15) is 9.32 Å². The normalized spacial score (nSPS) is 14.6. The molecule has 0 radical (unpaired) electrons. The molecular weight excluding hydrogens is 254 g/mol. The monoisotopic (exact) mass is 275 g/mol. The summed E-state index contributed by atoms with van der Waals surface area (Å²) in [5.41, 5.74) is 0. The Balaban J connectivity index is 1.97. The van der Waals surface area contributed by atoms with Crippen LogP contribution in [0.2, 0.25) is 0 Å². The Morgan fingerprint density at radius 1 is 1.61 bits per heavy atom. The summed E-state index contributed by atoms with van der Waals surface area (Å²) in [7, 11) is -0.755. The van der Waals surface area contributed by atoms with E-state index < -0.39 is 16.9 Å². The van der Waals surface area contributed by atoms with Crippen molar-refractivity contribution in [1.82, 2.24) is 5.32 Å². The van der Waals surface area contributed by atoms with Crippen molar-refractivity contribution in [2.45, 2.75) is 19.6 Å². The summed E-state index contributed by atoms with van der Waals surface area (Å²) in [5, 5.41) is 12.7. The van der Waals surface area contributed by atoms with Gasteiger partial charge in [-0.25, -0.2) is 0 Å². The second-order valence-electron chi connectivity index (χ2n) is 3.89. The number of furan rings is 1.